The fourth-order valence-electron chi connectivity index (χ4n) is 1.87. The van der Waals surface area contributed by atoms with Crippen LogP contribution in [0.4, 0.5) is 13.2 Å². The summed E-state index contributed by atoms with van der Waals surface area (Å²) < 4.78 is 36.7. The third-order valence-electron chi connectivity index (χ3n) is 3.08. The summed E-state index contributed by atoms with van der Waals surface area (Å²) >= 11 is 0. The Morgan fingerprint density at radius 2 is 2.06 bits per heavy atom. The van der Waals surface area contributed by atoms with Crippen LogP contribution in [0.5, 0.6) is 0 Å². The van der Waals surface area contributed by atoms with Crippen LogP contribution in [0.1, 0.15) is 26.2 Å². The first kappa shape index (κ1) is 15.3. The van der Waals surface area contributed by atoms with Crippen LogP contribution in [0.3, 0.4) is 0 Å². The molecule has 0 spiro atoms. The predicted molar refractivity (Wildman–Crippen MR) is 63.1 cm³/mol. The van der Waals surface area contributed by atoms with E-state index in [4.69, 9.17) is 0 Å². The molecule has 3 nitrogen and oxygen atoms in total. The van der Waals surface area contributed by atoms with Crippen LogP contribution < -0.4 is 5.32 Å². The molecule has 0 saturated heterocycles. The van der Waals surface area contributed by atoms with E-state index in [1.54, 1.807) is 14.0 Å². The van der Waals surface area contributed by atoms with Gasteiger partial charge in [0.05, 0.1) is 6.42 Å². The van der Waals surface area contributed by atoms with E-state index < -0.39 is 12.6 Å². The van der Waals surface area contributed by atoms with Gasteiger partial charge in [0, 0.05) is 25.6 Å². The Morgan fingerprint density at radius 1 is 1.44 bits per heavy atom. The van der Waals surface area contributed by atoms with Crippen molar-refractivity contribution >= 4 is 5.91 Å². The average Bonchev–Trinajstić information content (AvgIpc) is 3.06. The molecule has 1 fully saturated rings. The molecule has 106 valence electrons. The van der Waals surface area contributed by atoms with Crippen molar-refractivity contribution in [3.05, 3.63) is 0 Å². The molecule has 1 atom stereocenters. The molecule has 0 bridgehead atoms. The first-order valence-electron chi connectivity index (χ1n) is 6.33. The Bertz CT molecular complexity index is 277. The molecule has 1 aliphatic rings. The second kappa shape index (κ2) is 6.41. The van der Waals surface area contributed by atoms with Gasteiger partial charge in [-0.15, -0.1) is 0 Å². The van der Waals surface area contributed by atoms with Gasteiger partial charge in [-0.1, -0.05) is 6.92 Å². The minimum Gasteiger partial charge on any atom is -0.342 e. The Hall–Kier alpha value is -0.780. The highest BCUT2D eigenvalue weighted by molar-refractivity contribution is 5.78. The molecule has 1 rings (SSSR count). The maximum absolute atomic E-state index is 12.2. The largest absolute Gasteiger partial charge is 0.390 e. The molecular weight excluding hydrogens is 245 g/mol. The molecule has 0 heterocycles. The molecule has 6 heteroatoms. The molecule has 0 radical (unpaired) electrons. The highest BCUT2D eigenvalue weighted by Gasteiger charge is 2.33. The normalized spacial score (nSPS) is 17.6. The molecule has 1 unspecified atom stereocenters. The standard InChI is InChI=1S/C12H21F3N2O/c1-9(7-16-2)11(18)17(8-10-3-4-10)6-5-12(13,14)15/h9-10,16H,3-8H2,1-2H3. The zero-order valence-corrected chi connectivity index (χ0v) is 10.9. The highest BCUT2D eigenvalue weighted by atomic mass is 19.4. The number of nitrogens with zero attached hydrogens (tertiary/aromatic N) is 1. The molecule has 0 aromatic carbocycles. The Kier molecular flexibility index (Phi) is 5.44. The quantitative estimate of drug-likeness (QED) is 0.764. The average molecular weight is 266 g/mol. The van der Waals surface area contributed by atoms with Crippen LogP contribution in [0.15, 0.2) is 0 Å². The first-order chi connectivity index (χ1) is 8.33. The lowest BCUT2D eigenvalue weighted by Gasteiger charge is -2.26. The first-order valence-corrected chi connectivity index (χ1v) is 6.33. The predicted octanol–water partition coefficient (Wildman–Crippen LogP) is 2.03. The van der Waals surface area contributed by atoms with E-state index in [2.05, 4.69) is 5.32 Å². The van der Waals surface area contributed by atoms with Crippen molar-refractivity contribution < 1.29 is 18.0 Å². The van der Waals surface area contributed by atoms with Crippen LogP contribution in [0.2, 0.25) is 0 Å². The molecular formula is C12H21F3N2O. The van der Waals surface area contributed by atoms with Crippen molar-refractivity contribution in [1.29, 1.82) is 0 Å². The topological polar surface area (TPSA) is 32.3 Å². The van der Waals surface area contributed by atoms with Gasteiger partial charge in [-0.2, -0.15) is 13.2 Å². The lowest BCUT2D eigenvalue weighted by atomic mass is 10.1. The van der Waals surface area contributed by atoms with Gasteiger partial charge in [-0.25, -0.2) is 0 Å². The van der Waals surface area contributed by atoms with Gasteiger partial charge >= 0.3 is 6.18 Å². The third-order valence-corrected chi connectivity index (χ3v) is 3.08. The second-order valence-corrected chi connectivity index (χ2v) is 5.05. The fraction of sp³-hybridized carbons (Fsp3) is 0.917. The highest BCUT2D eigenvalue weighted by Crippen LogP contribution is 2.31. The van der Waals surface area contributed by atoms with Crippen molar-refractivity contribution in [2.24, 2.45) is 11.8 Å². The molecule has 1 aliphatic carbocycles. The van der Waals surface area contributed by atoms with Gasteiger partial charge < -0.3 is 10.2 Å². The molecule has 0 aliphatic heterocycles. The van der Waals surface area contributed by atoms with E-state index in [0.717, 1.165) is 12.8 Å². The minimum absolute atomic E-state index is 0.180. The van der Waals surface area contributed by atoms with Gasteiger partial charge in [-0.3, -0.25) is 4.79 Å². The summed E-state index contributed by atoms with van der Waals surface area (Å²) in [6, 6.07) is 0. The van der Waals surface area contributed by atoms with Crippen molar-refractivity contribution in [1.82, 2.24) is 10.2 Å². The van der Waals surface area contributed by atoms with Gasteiger partial charge in [0.25, 0.3) is 0 Å². The Labute approximate surface area is 106 Å². The number of alkyl halides is 3. The minimum atomic E-state index is -4.20. The summed E-state index contributed by atoms with van der Waals surface area (Å²) in [5, 5.41) is 2.87. The molecule has 1 amide bonds. The van der Waals surface area contributed by atoms with Crippen molar-refractivity contribution in [2.45, 2.75) is 32.4 Å². The summed E-state index contributed by atoms with van der Waals surface area (Å²) in [6.07, 6.45) is -3.07. The molecule has 0 aromatic rings. The molecule has 18 heavy (non-hydrogen) atoms. The van der Waals surface area contributed by atoms with E-state index in [1.807, 2.05) is 0 Å². The number of hydrogen-bond acceptors (Lipinski definition) is 2. The summed E-state index contributed by atoms with van der Waals surface area (Å²) in [5.74, 6) is -0.0496. The van der Waals surface area contributed by atoms with E-state index in [9.17, 15) is 18.0 Å². The summed E-state index contributed by atoms with van der Waals surface area (Å²) in [4.78, 5) is 13.4. The summed E-state index contributed by atoms with van der Waals surface area (Å²) in [5.41, 5.74) is 0. The Balaban J connectivity index is 2.50. The zero-order valence-electron chi connectivity index (χ0n) is 10.9. The van der Waals surface area contributed by atoms with Crippen molar-refractivity contribution in [3.63, 3.8) is 0 Å². The number of rotatable bonds is 7. The molecule has 1 saturated carbocycles. The van der Waals surface area contributed by atoms with E-state index in [0.29, 0.717) is 19.0 Å². The number of carbonyl (C=O) groups excluding carboxylic acids is 1. The zero-order chi connectivity index (χ0) is 13.8. The van der Waals surface area contributed by atoms with Gasteiger partial charge in [0.15, 0.2) is 0 Å². The lowest BCUT2D eigenvalue weighted by molar-refractivity contribution is -0.147. The van der Waals surface area contributed by atoms with E-state index in [-0.39, 0.29) is 18.4 Å². The maximum atomic E-state index is 12.2. The number of halogens is 3. The Morgan fingerprint density at radius 3 is 2.50 bits per heavy atom. The number of nitrogens with one attached hydrogen (secondary N) is 1. The smallest absolute Gasteiger partial charge is 0.342 e. The van der Waals surface area contributed by atoms with E-state index in [1.165, 1.54) is 4.90 Å². The van der Waals surface area contributed by atoms with Crippen LogP contribution in [0.25, 0.3) is 0 Å². The van der Waals surface area contributed by atoms with E-state index >= 15 is 0 Å². The van der Waals surface area contributed by atoms with Crippen LogP contribution in [0, 0.1) is 11.8 Å². The number of hydrogen-bond donors (Lipinski definition) is 1. The van der Waals surface area contributed by atoms with Crippen molar-refractivity contribution in [2.75, 3.05) is 26.7 Å². The summed E-state index contributed by atoms with van der Waals surface area (Å²) in [6.45, 7) is 2.49. The second-order valence-electron chi connectivity index (χ2n) is 5.05. The lowest BCUT2D eigenvalue weighted by Crippen LogP contribution is -2.41. The monoisotopic (exact) mass is 266 g/mol. The van der Waals surface area contributed by atoms with Crippen LogP contribution >= 0.6 is 0 Å². The fourth-order valence-corrected chi connectivity index (χ4v) is 1.87. The van der Waals surface area contributed by atoms with Crippen LogP contribution in [-0.2, 0) is 4.79 Å². The van der Waals surface area contributed by atoms with Gasteiger partial charge in [0.2, 0.25) is 5.91 Å². The molecule has 1 N–H and O–H groups in total. The van der Waals surface area contributed by atoms with Gasteiger partial charge in [-0.05, 0) is 25.8 Å². The van der Waals surface area contributed by atoms with Crippen molar-refractivity contribution in [3.8, 4) is 0 Å². The van der Waals surface area contributed by atoms with Crippen LogP contribution in [-0.4, -0.2) is 43.7 Å². The SMILES string of the molecule is CNCC(C)C(=O)N(CCC(F)(F)F)CC1CC1. The number of amides is 1. The van der Waals surface area contributed by atoms with Gasteiger partial charge in [0.1, 0.15) is 0 Å². The molecule has 0 aromatic heterocycles. The number of carbonyl (C=O) groups is 1. The third kappa shape index (κ3) is 5.71. The maximum Gasteiger partial charge on any atom is 0.390 e. The summed E-state index contributed by atoms with van der Waals surface area (Å²) in [7, 11) is 1.73.